The van der Waals surface area contributed by atoms with Gasteiger partial charge in [0.1, 0.15) is 11.3 Å². The fraction of sp³-hybridized carbons (Fsp3) is 0.182. The van der Waals surface area contributed by atoms with Crippen LogP contribution in [-0.2, 0) is 0 Å². The second-order valence-corrected chi connectivity index (χ2v) is 3.82. The molecule has 0 aliphatic heterocycles. The van der Waals surface area contributed by atoms with Gasteiger partial charge >= 0.3 is 0 Å². The number of aromatic amines is 1. The second-order valence-electron chi connectivity index (χ2n) is 3.82. The standard InChI is InChI=1S/C11H10N4O.H2/c1-6-3-9-8(4-12-6)14-11(16)10-5-13-7(2)15(9)10;/h3-5H,1-2H3,(H,14,16);1H. The third-order valence-corrected chi connectivity index (χ3v) is 2.68. The molecule has 0 atom stereocenters. The van der Waals surface area contributed by atoms with Crippen LogP contribution in [0.3, 0.4) is 0 Å². The number of nitrogens with zero attached hydrogens (tertiary/aromatic N) is 3. The Labute approximate surface area is 92.3 Å². The molecule has 0 spiro atoms. The Kier molecular flexibility index (Phi) is 1.65. The Morgan fingerprint density at radius 1 is 1.25 bits per heavy atom. The maximum absolute atomic E-state index is 11.7. The third-order valence-electron chi connectivity index (χ3n) is 2.68. The van der Waals surface area contributed by atoms with E-state index >= 15 is 0 Å². The van der Waals surface area contributed by atoms with Crippen molar-refractivity contribution in [2.45, 2.75) is 13.8 Å². The zero-order chi connectivity index (χ0) is 11.3. The topological polar surface area (TPSA) is 63.0 Å². The lowest BCUT2D eigenvalue weighted by Crippen LogP contribution is -2.10. The predicted octanol–water partition coefficient (Wildman–Crippen LogP) is 1.43. The fourth-order valence-corrected chi connectivity index (χ4v) is 1.92. The molecule has 82 valence electrons. The minimum Gasteiger partial charge on any atom is -0.318 e. The van der Waals surface area contributed by atoms with Crippen molar-refractivity contribution in [2.24, 2.45) is 0 Å². The summed E-state index contributed by atoms with van der Waals surface area (Å²) in [6.45, 7) is 3.80. The molecule has 1 N–H and O–H groups in total. The molecule has 3 rings (SSSR count). The van der Waals surface area contributed by atoms with Crippen LogP contribution >= 0.6 is 0 Å². The Bertz CT molecular complexity index is 759. The summed E-state index contributed by atoms with van der Waals surface area (Å²) >= 11 is 0. The first-order chi connectivity index (χ1) is 7.66. The second kappa shape index (κ2) is 2.91. The van der Waals surface area contributed by atoms with E-state index in [0.717, 1.165) is 22.6 Å². The van der Waals surface area contributed by atoms with E-state index in [1.54, 1.807) is 12.4 Å². The molecule has 0 unspecified atom stereocenters. The lowest BCUT2D eigenvalue weighted by atomic mass is 10.3. The summed E-state index contributed by atoms with van der Waals surface area (Å²) in [6.07, 6.45) is 3.26. The Morgan fingerprint density at radius 2 is 2.06 bits per heavy atom. The number of rotatable bonds is 0. The van der Waals surface area contributed by atoms with Crippen LogP contribution in [0.15, 0.2) is 23.3 Å². The van der Waals surface area contributed by atoms with Crippen molar-refractivity contribution in [3.8, 4) is 0 Å². The number of nitrogens with one attached hydrogen (secondary N) is 1. The molecule has 16 heavy (non-hydrogen) atoms. The summed E-state index contributed by atoms with van der Waals surface area (Å²) in [4.78, 5) is 22.9. The molecule has 5 heteroatoms. The summed E-state index contributed by atoms with van der Waals surface area (Å²) < 4.78 is 1.85. The van der Waals surface area contributed by atoms with Crippen molar-refractivity contribution in [2.75, 3.05) is 0 Å². The van der Waals surface area contributed by atoms with Gasteiger partial charge in [0.05, 0.1) is 23.4 Å². The zero-order valence-electron chi connectivity index (χ0n) is 8.98. The monoisotopic (exact) mass is 216 g/mol. The lowest BCUT2D eigenvalue weighted by Gasteiger charge is -2.03. The van der Waals surface area contributed by atoms with Crippen molar-refractivity contribution < 1.29 is 1.43 Å². The molecule has 0 amide bonds. The van der Waals surface area contributed by atoms with E-state index in [9.17, 15) is 4.79 Å². The SMILES string of the molecule is Cc1cc2c(cn1)[nH]c(=O)c1cnc(C)n12.[HH]. The number of hydrogen-bond donors (Lipinski definition) is 1. The van der Waals surface area contributed by atoms with Gasteiger partial charge < -0.3 is 4.98 Å². The van der Waals surface area contributed by atoms with Gasteiger partial charge in [-0.3, -0.25) is 14.2 Å². The summed E-state index contributed by atoms with van der Waals surface area (Å²) in [7, 11) is 0. The molecule has 3 heterocycles. The van der Waals surface area contributed by atoms with Crippen molar-refractivity contribution >= 4 is 16.6 Å². The van der Waals surface area contributed by atoms with Gasteiger partial charge in [0.15, 0.2) is 0 Å². The molecule has 0 saturated heterocycles. The van der Waals surface area contributed by atoms with E-state index < -0.39 is 0 Å². The van der Waals surface area contributed by atoms with Crippen LogP contribution in [0.5, 0.6) is 0 Å². The van der Waals surface area contributed by atoms with Crippen LogP contribution in [0.1, 0.15) is 12.9 Å². The van der Waals surface area contributed by atoms with Crippen LogP contribution in [0, 0.1) is 13.8 Å². The molecular weight excluding hydrogens is 204 g/mol. The highest BCUT2D eigenvalue weighted by Gasteiger charge is 2.08. The molecule has 0 radical (unpaired) electrons. The largest absolute Gasteiger partial charge is 0.318 e. The van der Waals surface area contributed by atoms with Gasteiger partial charge in [0, 0.05) is 7.12 Å². The van der Waals surface area contributed by atoms with Crippen LogP contribution in [0.2, 0.25) is 0 Å². The minimum atomic E-state index is -0.140. The van der Waals surface area contributed by atoms with E-state index in [-0.39, 0.29) is 6.99 Å². The van der Waals surface area contributed by atoms with Gasteiger partial charge in [-0.05, 0) is 19.9 Å². The lowest BCUT2D eigenvalue weighted by molar-refractivity contribution is 1.05. The molecule has 0 bridgehead atoms. The summed E-state index contributed by atoms with van der Waals surface area (Å²) in [5.74, 6) is 0.803. The first-order valence-corrected chi connectivity index (χ1v) is 4.99. The highest BCUT2D eigenvalue weighted by molar-refractivity contribution is 5.77. The number of aryl methyl sites for hydroxylation is 2. The summed E-state index contributed by atoms with van der Waals surface area (Å²) in [6, 6.07) is 1.94. The van der Waals surface area contributed by atoms with E-state index in [2.05, 4.69) is 15.0 Å². The van der Waals surface area contributed by atoms with Crippen LogP contribution in [0.4, 0.5) is 0 Å². The smallest absolute Gasteiger partial charge is 0.274 e. The van der Waals surface area contributed by atoms with Crippen molar-refractivity contribution in [1.29, 1.82) is 0 Å². The Morgan fingerprint density at radius 3 is 2.88 bits per heavy atom. The van der Waals surface area contributed by atoms with Crippen molar-refractivity contribution in [3.63, 3.8) is 0 Å². The highest BCUT2D eigenvalue weighted by Crippen LogP contribution is 2.13. The molecule has 5 nitrogen and oxygen atoms in total. The number of pyridine rings is 1. The number of imidazole rings is 1. The van der Waals surface area contributed by atoms with Crippen molar-refractivity contribution in [3.05, 3.63) is 40.3 Å². The van der Waals surface area contributed by atoms with E-state index in [1.165, 1.54) is 0 Å². The van der Waals surface area contributed by atoms with Crippen LogP contribution in [-0.4, -0.2) is 19.4 Å². The number of H-pyrrole nitrogens is 1. The number of hydrogen-bond acceptors (Lipinski definition) is 3. The van der Waals surface area contributed by atoms with Crippen LogP contribution < -0.4 is 5.56 Å². The third kappa shape index (κ3) is 1.08. The molecule has 0 aromatic carbocycles. The Hall–Kier alpha value is -2.17. The molecule has 0 aliphatic rings. The molecule has 0 saturated carbocycles. The predicted molar refractivity (Wildman–Crippen MR) is 62.7 cm³/mol. The normalized spacial score (nSPS) is 11.4. The Balaban J connectivity index is 0.00000108. The molecule has 3 aromatic rings. The first kappa shape index (κ1) is 9.08. The van der Waals surface area contributed by atoms with Gasteiger partial charge in [-0.15, -0.1) is 0 Å². The molecule has 3 aromatic heterocycles. The van der Waals surface area contributed by atoms with Gasteiger partial charge in [0.25, 0.3) is 5.56 Å². The zero-order valence-corrected chi connectivity index (χ0v) is 8.98. The minimum absolute atomic E-state index is 0. The van der Waals surface area contributed by atoms with Gasteiger partial charge in [0.2, 0.25) is 0 Å². The van der Waals surface area contributed by atoms with E-state index in [4.69, 9.17) is 0 Å². The molecule has 0 aliphatic carbocycles. The van der Waals surface area contributed by atoms with Crippen molar-refractivity contribution in [1.82, 2.24) is 19.4 Å². The number of aromatic nitrogens is 4. The summed E-state index contributed by atoms with van der Waals surface area (Å²) in [5, 5.41) is 0. The van der Waals surface area contributed by atoms with E-state index in [1.807, 2.05) is 24.3 Å². The maximum atomic E-state index is 11.7. The molecule has 0 fully saturated rings. The average Bonchev–Trinajstić information content (AvgIpc) is 2.63. The molecular formula is C11H12N4O. The summed E-state index contributed by atoms with van der Waals surface area (Å²) in [5.41, 5.74) is 2.99. The number of fused-ring (bicyclic) bond motifs is 3. The van der Waals surface area contributed by atoms with Gasteiger partial charge in [-0.2, -0.15) is 0 Å². The quantitative estimate of drug-likeness (QED) is 0.618. The van der Waals surface area contributed by atoms with Gasteiger partial charge in [-0.25, -0.2) is 4.98 Å². The van der Waals surface area contributed by atoms with Gasteiger partial charge in [-0.1, -0.05) is 0 Å². The van der Waals surface area contributed by atoms with Crippen LogP contribution in [0.25, 0.3) is 16.6 Å². The highest BCUT2D eigenvalue weighted by atomic mass is 16.1. The first-order valence-electron chi connectivity index (χ1n) is 4.99. The fourth-order valence-electron chi connectivity index (χ4n) is 1.92. The van der Waals surface area contributed by atoms with E-state index in [0.29, 0.717) is 5.52 Å². The average molecular weight is 216 g/mol. The maximum Gasteiger partial charge on any atom is 0.274 e.